The van der Waals surface area contributed by atoms with Crippen LogP contribution < -0.4 is 10.1 Å². The van der Waals surface area contributed by atoms with E-state index in [4.69, 9.17) is 4.74 Å². The van der Waals surface area contributed by atoms with Gasteiger partial charge in [0, 0.05) is 12.6 Å². The molecule has 1 aliphatic carbocycles. The van der Waals surface area contributed by atoms with Gasteiger partial charge in [0.1, 0.15) is 18.5 Å². The highest BCUT2D eigenvalue weighted by Crippen LogP contribution is 2.24. The van der Waals surface area contributed by atoms with Crippen molar-refractivity contribution in [3.8, 4) is 5.75 Å². The summed E-state index contributed by atoms with van der Waals surface area (Å²) in [4.78, 5) is 14.4. The number of rotatable bonds is 7. The Kier molecular flexibility index (Phi) is 5.41. The molecule has 1 saturated heterocycles. The zero-order chi connectivity index (χ0) is 17.1. The Hall–Kier alpha value is -1.59. The third kappa shape index (κ3) is 4.28. The maximum absolute atomic E-state index is 12.3. The molecule has 24 heavy (non-hydrogen) atoms. The Balaban J connectivity index is 1.50. The van der Waals surface area contributed by atoms with Gasteiger partial charge in [0.05, 0.1) is 6.04 Å². The number of aryl methyl sites for hydroxylation is 2. The highest BCUT2D eigenvalue weighted by Gasteiger charge is 2.34. The van der Waals surface area contributed by atoms with E-state index in [9.17, 15) is 9.90 Å². The predicted molar refractivity (Wildman–Crippen MR) is 93.2 cm³/mol. The molecule has 2 atom stereocenters. The van der Waals surface area contributed by atoms with Crippen molar-refractivity contribution in [1.82, 2.24) is 10.2 Å². The van der Waals surface area contributed by atoms with Crippen molar-refractivity contribution in [2.24, 2.45) is 0 Å². The Morgan fingerprint density at radius 3 is 2.71 bits per heavy atom. The molecule has 2 aliphatic rings. The molecule has 1 saturated carbocycles. The maximum Gasteiger partial charge on any atom is 0.237 e. The summed E-state index contributed by atoms with van der Waals surface area (Å²) in [6.45, 7) is 5.61. The molecule has 1 amide bonds. The number of amides is 1. The fraction of sp³-hybridized carbons (Fsp3) is 0.632. The first kappa shape index (κ1) is 17.2. The number of likely N-dealkylation sites (tertiary alicyclic amines) is 1. The Labute approximate surface area is 144 Å². The number of β-amino-alcohol motifs (C(OH)–C–C–N with tert-alkyl or cyclic N) is 1. The number of ether oxygens (including phenoxy) is 1. The van der Waals surface area contributed by atoms with Crippen LogP contribution in [0.1, 0.15) is 36.8 Å². The summed E-state index contributed by atoms with van der Waals surface area (Å²) in [6, 6.07) is 6.31. The van der Waals surface area contributed by atoms with E-state index in [0.29, 0.717) is 12.6 Å². The molecule has 5 nitrogen and oxygen atoms in total. The van der Waals surface area contributed by atoms with E-state index in [1.165, 1.54) is 0 Å². The minimum Gasteiger partial charge on any atom is -0.490 e. The second kappa shape index (κ2) is 7.53. The molecule has 1 heterocycles. The van der Waals surface area contributed by atoms with Crippen molar-refractivity contribution >= 4 is 5.91 Å². The summed E-state index contributed by atoms with van der Waals surface area (Å²) in [6.07, 6.45) is 3.49. The Morgan fingerprint density at radius 2 is 2.04 bits per heavy atom. The number of nitrogens with one attached hydrogen (secondary N) is 1. The highest BCUT2D eigenvalue weighted by atomic mass is 16.5. The molecule has 2 unspecified atom stereocenters. The van der Waals surface area contributed by atoms with Crippen LogP contribution in [0.5, 0.6) is 5.75 Å². The molecule has 0 aromatic heterocycles. The first-order valence-electron chi connectivity index (χ1n) is 8.96. The molecule has 132 valence electrons. The zero-order valence-corrected chi connectivity index (χ0v) is 14.6. The fourth-order valence-corrected chi connectivity index (χ4v) is 3.40. The van der Waals surface area contributed by atoms with E-state index in [2.05, 4.69) is 10.2 Å². The van der Waals surface area contributed by atoms with Gasteiger partial charge in [-0.25, -0.2) is 0 Å². The van der Waals surface area contributed by atoms with Gasteiger partial charge in [-0.15, -0.1) is 0 Å². The van der Waals surface area contributed by atoms with Crippen molar-refractivity contribution in [1.29, 1.82) is 0 Å². The molecule has 2 N–H and O–H groups in total. The largest absolute Gasteiger partial charge is 0.490 e. The summed E-state index contributed by atoms with van der Waals surface area (Å²) in [5.74, 6) is 0.971. The maximum atomic E-state index is 12.3. The van der Waals surface area contributed by atoms with Crippen LogP contribution in [-0.2, 0) is 4.79 Å². The van der Waals surface area contributed by atoms with E-state index >= 15 is 0 Å². The summed E-state index contributed by atoms with van der Waals surface area (Å²) in [7, 11) is 0. The number of hydrogen-bond acceptors (Lipinski definition) is 4. The van der Waals surface area contributed by atoms with Crippen molar-refractivity contribution in [2.45, 2.75) is 57.7 Å². The Bertz CT molecular complexity index is 566. The lowest BCUT2D eigenvalue weighted by atomic mass is 10.1. The van der Waals surface area contributed by atoms with Crippen LogP contribution in [-0.4, -0.2) is 53.8 Å². The van der Waals surface area contributed by atoms with Crippen molar-refractivity contribution in [2.75, 3.05) is 19.7 Å². The SMILES string of the molecule is Cc1cccc(C)c1OCC(O)CN1CCCC1C(=O)NC1CC1. The predicted octanol–water partition coefficient (Wildman–Crippen LogP) is 1.79. The second-order valence-electron chi connectivity index (χ2n) is 7.12. The van der Waals surface area contributed by atoms with Gasteiger partial charge in [0.25, 0.3) is 0 Å². The summed E-state index contributed by atoms with van der Waals surface area (Å²) in [5, 5.41) is 13.4. The number of para-hydroxylation sites is 1. The topological polar surface area (TPSA) is 61.8 Å². The third-order valence-electron chi connectivity index (χ3n) is 4.86. The molecule has 1 aromatic rings. The highest BCUT2D eigenvalue weighted by molar-refractivity contribution is 5.82. The molecular weight excluding hydrogens is 304 g/mol. The van der Waals surface area contributed by atoms with Crippen LogP contribution in [0.3, 0.4) is 0 Å². The summed E-state index contributed by atoms with van der Waals surface area (Å²) in [5.41, 5.74) is 2.15. The van der Waals surface area contributed by atoms with Crippen molar-refractivity contribution < 1.29 is 14.6 Å². The number of carbonyl (C=O) groups is 1. The fourth-order valence-electron chi connectivity index (χ4n) is 3.40. The molecule has 3 rings (SSSR count). The first-order valence-corrected chi connectivity index (χ1v) is 8.96. The van der Waals surface area contributed by atoms with Crippen molar-refractivity contribution in [3.05, 3.63) is 29.3 Å². The van der Waals surface area contributed by atoms with Crippen LogP contribution in [0.15, 0.2) is 18.2 Å². The molecule has 5 heteroatoms. The van der Waals surface area contributed by atoms with Gasteiger partial charge in [-0.3, -0.25) is 9.69 Å². The average Bonchev–Trinajstić information content (AvgIpc) is 3.22. The van der Waals surface area contributed by atoms with Gasteiger partial charge in [0.15, 0.2) is 0 Å². The zero-order valence-electron chi connectivity index (χ0n) is 14.6. The van der Waals surface area contributed by atoms with Gasteiger partial charge < -0.3 is 15.2 Å². The standard InChI is InChI=1S/C19H28N2O3/c1-13-5-3-6-14(2)18(13)24-12-16(22)11-21-10-4-7-17(21)19(23)20-15-8-9-15/h3,5-6,15-17,22H,4,7-12H2,1-2H3,(H,20,23). The second-order valence-corrected chi connectivity index (χ2v) is 7.12. The van der Waals surface area contributed by atoms with Crippen LogP contribution in [0.4, 0.5) is 0 Å². The van der Waals surface area contributed by atoms with E-state index in [1.54, 1.807) is 0 Å². The van der Waals surface area contributed by atoms with Gasteiger partial charge in [-0.05, 0) is 57.2 Å². The lowest BCUT2D eigenvalue weighted by molar-refractivity contribution is -0.126. The normalized spacial score (nSPS) is 22.4. The lowest BCUT2D eigenvalue weighted by Gasteiger charge is -2.26. The number of aliphatic hydroxyl groups excluding tert-OH is 1. The average molecular weight is 332 g/mol. The molecule has 0 radical (unpaired) electrons. The molecule has 0 bridgehead atoms. The quantitative estimate of drug-likeness (QED) is 0.799. The van der Waals surface area contributed by atoms with E-state index in [1.807, 2.05) is 32.0 Å². The van der Waals surface area contributed by atoms with Gasteiger partial charge >= 0.3 is 0 Å². The number of nitrogens with zero attached hydrogens (tertiary/aromatic N) is 1. The summed E-state index contributed by atoms with van der Waals surface area (Å²) < 4.78 is 5.83. The van der Waals surface area contributed by atoms with Crippen molar-refractivity contribution in [3.63, 3.8) is 0 Å². The minimum absolute atomic E-state index is 0.0968. The van der Waals surface area contributed by atoms with Crippen LogP contribution >= 0.6 is 0 Å². The Morgan fingerprint density at radius 1 is 1.33 bits per heavy atom. The third-order valence-corrected chi connectivity index (χ3v) is 4.86. The lowest BCUT2D eigenvalue weighted by Crippen LogP contribution is -2.47. The smallest absolute Gasteiger partial charge is 0.237 e. The van der Waals surface area contributed by atoms with E-state index < -0.39 is 6.10 Å². The number of benzene rings is 1. The molecule has 0 spiro atoms. The van der Waals surface area contributed by atoms with E-state index in [-0.39, 0.29) is 18.6 Å². The van der Waals surface area contributed by atoms with Crippen LogP contribution in [0.2, 0.25) is 0 Å². The van der Waals surface area contributed by atoms with Crippen LogP contribution in [0, 0.1) is 13.8 Å². The number of aliphatic hydroxyl groups is 1. The van der Waals surface area contributed by atoms with Crippen LogP contribution in [0.25, 0.3) is 0 Å². The van der Waals surface area contributed by atoms with E-state index in [0.717, 1.165) is 49.1 Å². The monoisotopic (exact) mass is 332 g/mol. The molecular formula is C19H28N2O3. The minimum atomic E-state index is -0.599. The first-order chi connectivity index (χ1) is 11.5. The molecule has 1 aliphatic heterocycles. The molecule has 2 fully saturated rings. The summed E-state index contributed by atoms with van der Waals surface area (Å²) >= 11 is 0. The number of carbonyl (C=O) groups excluding carboxylic acids is 1. The van der Waals surface area contributed by atoms with Gasteiger partial charge in [-0.2, -0.15) is 0 Å². The van der Waals surface area contributed by atoms with Gasteiger partial charge in [-0.1, -0.05) is 18.2 Å². The number of hydrogen-bond donors (Lipinski definition) is 2. The molecule has 1 aromatic carbocycles. The van der Waals surface area contributed by atoms with Gasteiger partial charge in [0.2, 0.25) is 5.91 Å².